The Balaban J connectivity index is 1.35. The normalized spacial score (nSPS) is 23.0. The Bertz CT molecular complexity index is 490. The molecule has 2 aliphatic heterocycles. The number of cyclic esters (lactones) is 1. The number of hydrogen-bond donors (Lipinski definition) is 0. The number of carbonyl (C=O) groups excluding carboxylic acids is 1. The first-order valence-corrected chi connectivity index (χ1v) is 7.88. The van der Waals surface area contributed by atoms with Crippen LogP contribution < -0.4 is 4.90 Å². The lowest BCUT2D eigenvalue weighted by atomic mass is 10.2. The number of amides is 1. The van der Waals surface area contributed by atoms with Gasteiger partial charge in [-0.15, -0.1) is 0 Å². The van der Waals surface area contributed by atoms with Crippen LogP contribution >= 0.6 is 0 Å². The van der Waals surface area contributed by atoms with Gasteiger partial charge in [-0.05, 0) is 25.5 Å². The molecule has 0 bridgehead atoms. The second-order valence-electron chi connectivity index (χ2n) is 5.91. The SMILES string of the molecule is CN1CC(CCCN2CCN(c3ncccn3)CC2)OC1=O. The van der Waals surface area contributed by atoms with E-state index < -0.39 is 0 Å². The van der Waals surface area contributed by atoms with Gasteiger partial charge in [0, 0.05) is 45.6 Å². The standard InChI is InChI=1S/C15H23N5O2/c1-18-12-13(22-15(18)21)4-2-7-19-8-10-20(11-9-19)14-16-5-3-6-17-14/h3,5-6,13H,2,4,7-12H2,1H3. The molecule has 22 heavy (non-hydrogen) atoms. The molecule has 7 nitrogen and oxygen atoms in total. The van der Waals surface area contributed by atoms with Crippen molar-refractivity contribution in [3.05, 3.63) is 18.5 Å². The summed E-state index contributed by atoms with van der Waals surface area (Å²) in [5, 5.41) is 0. The number of likely N-dealkylation sites (N-methyl/N-ethyl adjacent to an activating group) is 1. The van der Waals surface area contributed by atoms with Crippen LogP contribution in [-0.2, 0) is 4.74 Å². The summed E-state index contributed by atoms with van der Waals surface area (Å²) in [6.45, 7) is 5.76. The van der Waals surface area contributed by atoms with Gasteiger partial charge < -0.3 is 14.5 Å². The van der Waals surface area contributed by atoms with Gasteiger partial charge in [0.25, 0.3) is 0 Å². The maximum absolute atomic E-state index is 11.3. The van der Waals surface area contributed by atoms with E-state index in [1.807, 2.05) is 6.07 Å². The van der Waals surface area contributed by atoms with Crippen molar-refractivity contribution < 1.29 is 9.53 Å². The van der Waals surface area contributed by atoms with Gasteiger partial charge in [0.1, 0.15) is 6.10 Å². The lowest BCUT2D eigenvalue weighted by molar-refractivity contribution is 0.126. The molecule has 0 aromatic carbocycles. The fourth-order valence-electron chi connectivity index (χ4n) is 2.97. The van der Waals surface area contributed by atoms with E-state index in [0.29, 0.717) is 0 Å². The predicted octanol–water partition coefficient (Wildman–Crippen LogP) is 0.829. The van der Waals surface area contributed by atoms with Crippen molar-refractivity contribution in [3.63, 3.8) is 0 Å². The van der Waals surface area contributed by atoms with Gasteiger partial charge in [-0.1, -0.05) is 0 Å². The number of carbonyl (C=O) groups is 1. The van der Waals surface area contributed by atoms with Crippen molar-refractivity contribution in [1.29, 1.82) is 0 Å². The summed E-state index contributed by atoms with van der Waals surface area (Å²) >= 11 is 0. The molecule has 0 saturated carbocycles. The van der Waals surface area contributed by atoms with Crippen LogP contribution in [0.3, 0.4) is 0 Å². The highest BCUT2D eigenvalue weighted by Gasteiger charge is 2.28. The molecule has 2 aliphatic rings. The average Bonchev–Trinajstić information content (AvgIpc) is 2.87. The van der Waals surface area contributed by atoms with E-state index in [4.69, 9.17) is 4.74 Å². The molecule has 1 atom stereocenters. The molecule has 1 aromatic rings. The van der Waals surface area contributed by atoms with Crippen LogP contribution in [0.4, 0.5) is 10.7 Å². The summed E-state index contributed by atoms with van der Waals surface area (Å²) in [6, 6.07) is 1.84. The molecule has 3 rings (SSSR count). The van der Waals surface area contributed by atoms with Crippen molar-refractivity contribution >= 4 is 12.0 Å². The third-order valence-corrected chi connectivity index (χ3v) is 4.26. The Morgan fingerprint density at radius 2 is 1.95 bits per heavy atom. The van der Waals surface area contributed by atoms with Crippen LogP contribution in [0.5, 0.6) is 0 Å². The number of rotatable bonds is 5. The van der Waals surface area contributed by atoms with Gasteiger partial charge in [0.05, 0.1) is 6.54 Å². The minimum atomic E-state index is -0.193. The minimum Gasteiger partial charge on any atom is -0.444 e. The van der Waals surface area contributed by atoms with E-state index in [9.17, 15) is 4.79 Å². The zero-order chi connectivity index (χ0) is 15.4. The molecule has 1 unspecified atom stereocenters. The number of nitrogens with zero attached hydrogens (tertiary/aromatic N) is 5. The molecule has 2 saturated heterocycles. The monoisotopic (exact) mass is 305 g/mol. The van der Waals surface area contributed by atoms with Crippen molar-refractivity contribution in [3.8, 4) is 0 Å². The number of ether oxygens (including phenoxy) is 1. The second kappa shape index (κ2) is 6.91. The summed E-state index contributed by atoms with van der Waals surface area (Å²) in [6.07, 6.45) is 5.45. The molecule has 120 valence electrons. The summed E-state index contributed by atoms with van der Waals surface area (Å²) < 4.78 is 5.28. The van der Waals surface area contributed by atoms with Crippen LogP contribution in [-0.4, -0.2) is 78.3 Å². The zero-order valence-electron chi connectivity index (χ0n) is 13.0. The molecule has 1 amide bonds. The Kier molecular flexibility index (Phi) is 4.72. The molecule has 2 fully saturated rings. The molecule has 7 heteroatoms. The molecule has 0 aliphatic carbocycles. The third kappa shape index (κ3) is 3.65. The molecule has 3 heterocycles. The van der Waals surface area contributed by atoms with Crippen LogP contribution in [0, 0.1) is 0 Å². The van der Waals surface area contributed by atoms with Crippen LogP contribution in [0.2, 0.25) is 0 Å². The first-order chi connectivity index (χ1) is 10.7. The Morgan fingerprint density at radius 3 is 2.59 bits per heavy atom. The summed E-state index contributed by atoms with van der Waals surface area (Å²) in [5.41, 5.74) is 0. The first kappa shape index (κ1) is 15.0. The summed E-state index contributed by atoms with van der Waals surface area (Å²) in [7, 11) is 1.78. The molecular formula is C15H23N5O2. The largest absolute Gasteiger partial charge is 0.444 e. The van der Waals surface area contributed by atoms with Crippen molar-refractivity contribution in [1.82, 2.24) is 19.8 Å². The second-order valence-corrected chi connectivity index (χ2v) is 5.91. The van der Waals surface area contributed by atoms with Crippen LogP contribution in [0.1, 0.15) is 12.8 Å². The molecular weight excluding hydrogens is 282 g/mol. The predicted molar refractivity (Wildman–Crippen MR) is 82.8 cm³/mol. The maximum atomic E-state index is 11.3. The minimum absolute atomic E-state index is 0.0662. The highest BCUT2D eigenvalue weighted by Crippen LogP contribution is 2.15. The Labute approximate surface area is 130 Å². The van der Waals surface area contributed by atoms with Gasteiger partial charge >= 0.3 is 6.09 Å². The number of aromatic nitrogens is 2. The van der Waals surface area contributed by atoms with Gasteiger partial charge in [-0.25, -0.2) is 14.8 Å². The lowest BCUT2D eigenvalue weighted by Crippen LogP contribution is -2.47. The van der Waals surface area contributed by atoms with E-state index in [1.54, 1.807) is 24.3 Å². The smallest absolute Gasteiger partial charge is 0.409 e. The molecule has 0 radical (unpaired) electrons. The van der Waals surface area contributed by atoms with E-state index in [2.05, 4.69) is 19.8 Å². The van der Waals surface area contributed by atoms with Crippen molar-refractivity contribution in [2.45, 2.75) is 18.9 Å². The summed E-state index contributed by atoms with van der Waals surface area (Å²) in [4.78, 5) is 26.2. The average molecular weight is 305 g/mol. The van der Waals surface area contributed by atoms with Gasteiger partial charge in [-0.3, -0.25) is 4.90 Å². The summed E-state index contributed by atoms with van der Waals surface area (Å²) in [5.74, 6) is 0.822. The Hall–Kier alpha value is -1.89. The fraction of sp³-hybridized carbons (Fsp3) is 0.667. The zero-order valence-corrected chi connectivity index (χ0v) is 13.0. The van der Waals surface area contributed by atoms with E-state index >= 15 is 0 Å². The fourth-order valence-corrected chi connectivity index (χ4v) is 2.97. The van der Waals surface area contributed by atoms with Crippen LogP contribution in [0.25, 0.3) is 0 Å². The van der Waals surface area contributed by atoms with Gasteiger partial charge in [0.15, 0.2) is 0 Å². The highest BCUT2D eigenvalue weighted by molar-refractivity contribution is 5.69. The number of piperazine rings is 1. The van der Waals surface area contributed by atoms with E-state index in [-0.39, 0.29) is 12.2 Å². The quantitative estimate of drug-likeness (QED) is 0.803. The molecule has 0 N–H and O–H groups in total. The maximum Gasteiger partial charge on any atom is 0.409 e. The van der Waals surface area contributed by atoms with Crippen molar-refractivity contribution in [2.75, 3.05) is 51.2 Å². The van der Waals surface area contributed by atoms with Crippen molar-refractivity contribution in [2.24, 2.45) is 0 Å². The van der Waals surface area contributed by atoms with Gasteiger partial charge in [0.2, 0.25) is 5.95 Å². The van der Waals surface area contributed by atoms with E-state index in [0.717, 1.165) is 58.1 Å². The third-order valence-electron chi connectivity index (χ3n) is 4.26. The lowest BCUT2D eigenvalue weighted by Gasteiger charge is -2.34. The highest BCUT2D eigenvalue weighted by atomic mass is 16.6. The topological polar surface area (TPSA) is 61.8 Å². The van der Waals surface area contributed by atoms with Crippen LogP contribution in [0.15, 0.2) is 18.5 Å². The first-order valence-electron chi connectivity index (χ1n) is 7.88. The number of hydrogen-bond acceptors (Lipinski definition) is 6. The van der Waals surface area contributed by atoms with Gasteiger partial charge in [-0.2, -0.15) is 0 Å². The molecule has 0 spiro atoms. The van der Waals surface area contributed by atoms with E-state index in [1.165, 1.54) is 0 Å². The number of anilines is 1. The Morgan fingerprint density at radius 1 is 1.23 bits per heavy atom. The molecule has 1 aromatic heterocycles.